The van der Waals surface area contributed by atoms with Gasteiger partial charge < -0.3 is 4.52 Å². The van der Waals surface area contributed by atoms with Crippen molar-refractivity contribution in [1.82, 2.24) is 20.0 Å². The molecule has 23 heavy (non-hydrogen) atoms. The Labute approximate surface area is 133 Å². The van der Waals surface area contributed by atoms with Crippen LogP contribution in [0.5, 0.6) is 0 Å². The van der Waals surface area contributed by atoms with Crippen LogP contribution in [0.3, 0.4) is 0 Å². The van der Waals surface area contributed by atoms with E-state index in [1.807, 2.05) is 18.9 Å². The monoisotopic (exact) mass is 312 g/mol. The molecule has 5 nitrogen and oxygen atoms in total. The van der Waals surface area contributed by atoms with E-state index in [9.17, 15) is 4.39 Å². The summed E-state index contributed by atoms with van der Waals surface area (Å²) in [5.41, 5.74) is 2.93. The largest absolute Gasteiger partial charge is 0.356 e. The van der Waals surface area contributed by atoms with Gasteiger partial charge >= 0.3 is 0 Å². The Kier molecular flexibility index (Phi) is 4.43. The Hall–Kier alpha value is -2.60. The molecule has 0 saturated heterocycles. The van der Waals surface area contributed by atoms with Crippen molar-refractivity contribution in [2.45, 2.75) is 20.0 Å². The second kappa shape index (κ2) is 6.66. The maximum Gasteiger partial charge on any atom is 0.170 e. The molecule has 2 aromatic heterocycles. The molecule has 0 N–H and O–H groups in total. The van der Waals surface area contributed by atoms with E-state index >= 15 is 0 Å². The molecule has 2 heterocycles. The van der Waals surface area contributed by atoms with Gasteiger partial charge in [0.2, 0.25) is 0 Å². The van der Waals surface area contributed by atoms with E-state index in [-0.39, 0.29) is 5.82 Å². The number of halogens is 1. The lowest BCUT2D eigenvalue weighted by Crippen LogP contribution is -2.18. The average molecular weight is 312 g/mol. The van der Waals surface area contributed by atoms with Gasteiger partial charge in [0.05, 0.1) is 22.6 Å². The Morgan fingerprint density at radius 3 is 2.61 bits per heavy atom. The van der Waals surface area contributed by atoms with Crippen molar-refractivity contribution in [3.8, 4) is 11.3 Å². The lowest BCUT2D eigenvalue weighted by molar-refractivity contribution is 0.300. The predicted molar refractivity (Wildman–Crippen MR) is 83.8 cm³/mol. The predicted octanol–water partition coefficient (Wildman–Crippen LogP) is 3.21. The van der Waals surface area contributed by atoms with Gasteiger partial charge in [-0.05, 0) is 26.1 Å². The average Bonchev–Trinajstić information content (AvgIpc) is 2.98. The summed E-state index contributed by atoms with van der Waals surface area (Å²) in [6, 6.07) is 8.25. The maximum atomic E-state index is 13.8. The van der Waals surface area contributed by atoms with Gasteiger partial charge in [-0.25, -0.2) is 4.39 Å². The summed E-state index contributed by atoms with van der Waals surface area (Å²) in [6.45, 7) is 3.13. The summed E-state index contributed by atoms with van der Waals surface area (Å²) < 4.78 is 19.0. The lowest BCUT2D eigenvalue weighted by atomic mass is 10.1. The van der Waals surface area contributed by atoms with E-state index in [0.717, 1.165) is 17.1 Å². The molecular weight excluding hydrogens is 295 g/mol. The number of aromatic nitrogens is 3. The second-order valence-corrected chi connectivity index (χ2v) is 5.48. The SMILES string of the molecule is Cc1cnc(CN(C)Cc2cc(-c3ccccc3F)on2)cn1. The van der Waals surface area contributed by atoms with E-state index in [1.54, 1.807) is 36.7 Å². The van der Waals surface area contributed by atoms with Crippen LogP contribution in [0.25, 0.3) is 11.3 Å². The number of rotatable bonds is 5. The van der Waals surface area contributed by atoms with Crippen molar-refractivity contribution in [3.63, 3.8) is 0 Å². The Morgan fingerprint density at radius 2 is 1.87 bits per heavy atom. The van der Waals surface area contributed by atoms with Crippen LogP contribution in [0.4, 0.5) is 4.39 Å². The van der Waals surface area contributed by atoms with E-state index in [0.29, 0.717) is 24.4 Å². The highest BCUT2D eigenvalue weighted by Gasteiger charge is 2.12. The molecule has 0 fully saturated rings. The van der Waals surface area contributed by atoms with Gasteiger partial charge in [-0.2, -0.15) is 0 Å². The molecule has 0 aliphatic rings. The zero-order valence-electron chi connectivity index (χ0n) is 13.0. The molecule has 0 aliphatic heterocycles. The lowest BCUT2D eigenvalue weighted by Gasteiger charge is -2.13. The molecule has 118 valence electrons. The van der Waals surface area contributed by atoms with E-state index in [4.69, 9.17) is 4.52 Å². The van der Waals surface area contributed by atoms with Gasteiger partial charge in [0.1, 0.15) is 5.82 Å². The van der Waals surface area contributed by atoms with E-state index in [2.05, 4.69) is 15.1 Å². The summed E-state index contributed by atoms with van der Waals surface area (Å²) in [6.07, 6.45) is 3.51. The van der Waals surface area contributed by atoms with Gasteiger partial charge in [-0.3, -0.25) is 14.9 Å². The van der Waals surface area contributed by atoms with Gasteiger partial charge in [0, 0.05) is 31.5 Å². The van der Waals surface area contributed by atoms with Gasteiger partial charge in [-0.1, -0.05) is 17.3 Å². The first kappa shape index (κ1) is 15.3. The first-order valence-electron chi connectivity index (χ1n) is 7.28. The fourth-order valence-electron chi connectivity index (χ4n) is 2.28. The van der Waals surface area contributed by atoms with E-state index < -0.39 is 0 Å². The highest BCUT2D eigenvalue weighted by Crippen LogP contribution is 2.23. The maximum absolute atomic E-state index is 13.8. The summed E-state index contributed by atoms with van der Waals surface area (Å²) in [7, 11) is 1.96. The molecule has 0 radical (unpaired) electrons. The molecule has 0 saturated carbocycles. The standard InChI is InChI=1S/C17H17FN4O/c1-12-8-20-14(9-19-12)11-22(2)10-13-7-17(23-21-13)15-5-3-4-6-16(15)18/h3-9H,10-11H2,1-2H3. The summed E-state index contributed by atoms with van der Waals surface area (Å²) in [4.78, 5) is 10.6. The Bertz CT molecular complexity index is 785. The molecule has 0 atom stereocenters. The van der Waals surface area contributed by atoms with Crippen LogP contribution in [-0.2, 0) is 13.1 Å². The van der Waals surface area contributed by atoms with Crippen LogP contribution >= 0.6 is 0 Å². The third-order valence-electron chi connectivity index (χ3n) is 3.40. The molecule has 0 unspecified atom stereocenters. The molecule has 1 aromatic carbocycles. The molecule has 3 rings (SSSR count). The minimum Gasteiger partial charge on any atom is -0.356 e. The fourth-order valence-corrected chi connectivity index (χ4v) is 2.28. The van der Waals surface area contributed by atoms with Gasteiger partial charge in [-0.15, -0.1) is 0 Å². The van der Waals surface area contributed by atoms with Crippen molar-refractivity contribution in [3.05, 3.63) is 65.6 Å². The number of nitrogens with zero attached hydrogens (tertiary/aromatic N) is 4. The van der Waals surface area contributed by atoms with Crippen LogP contribution < -0.4 is 0 Å². The quantitative estimate of drug-likeness (QED) is 0.724. The third kappa shape index (κ3) is 3.78. The Balaban J connectivity index is 1.67. The number of benzene rings is 1. The van der Waals surface area contributed by atoms with Gasteiger partial charge in [0.15, 0.2) is 5.76 Å². The molecule has 3 aromatic rings. The van der Waals surface area contributed by atoms with Crippen molar-refractivity contribution < 1.29 is 8.91 Å². The summed E-state index contributed by atoms with van der Waals surface area (Å²) in [5, 5.41) is 4.01. The third-order valence-corrected chi connectivity index (χ3v) is 3.40. The first-order chi connectivity index (χ1) is 11.1. The van der Waals surface area contributed by atoms with Crippen molar-refractivity contribution in [2.24, 2.45) is 0 Å². The summed E-state index contributed by atoms with van der Waals surface area (Å²) in [5.74, 6) is 0.111. The van der Waals surface area contributed by atoms with Crippen LogP contribution in [0.1, 0.15) is 17.1 Å². The van der Waals surface area contributed by atoms with Crippen molar-refractivity contribution in [2.75, 3.05) is 7.05 Å². The van der Waals surface area contributed by atoms with E-state index in [1.165, 1.54) is 6.07 Å². The minimum atomic E-state index is -0.321. The minimum absolute atomic E-state index is 0.321. The fraction of sp³-hybridized carbons (Fsp3) is 0.235. The van der Waals surface area contributed by atoms with Crippen LogP contribution in [0.2, 0.25) is 0 Å². The summed E-state index contributed by atoms with van der Waals surface area (Å²) >= 11 is 0. The number of hydrogen-bond donors (Lipinski definition) is 0. The highest BCUT2D eigenvalue weighted by atomic mass is 19.1. The van der Waals surface area contributed by atoms with Crippen LogP contribution in [0, 0.1) is 12.7 Å². The molecule has 0 aliphatic carbocycles. The zero-order valence-corrected chi connectivity index (χ0v) is 13.0. The van der Waals surface area contributed by atoms with Crippen LogP contribution in [0.15, 0.2) is 47.2 Å². The van der Waals surface area contributed by atoms with Crippen LogP contribution in [-0.4, -0.2) is 27.1 Å². The molecule has 0 spiro atoms. The molecule has 6 heteroatoms. The molecule has 0 bridgehead atoms. The first-order valence-corrected chi connectivity index (χ1v) is 7.28. The number of aryl methyl sites for hydroxylation is 1. The molecule has 0 amide bonds. The van der Waals surface area contributed by atoms with Crippen molar-refractivity contribution >= 4 is 0 Å². The van der Waals surface area contributed by atoms with Gasteiger partial charge in [0.25, 0.3) is 0 Å². The Morgan fingerprint density at radius 1 is 1.09 bits per heavy atom. The van der Waals surface area contributed by atoms with Crippen molar-refractivity contribution in [1.29, 1.82) is 0 Å². The number of hydrogen-bond acceptors (Lipinski definition) is 5. The smallest absolute Gasteiger partial charge is 0.170 e. The second-order valence-electron chi connectivity index (χ2n) is 5.48. The normalized spacial score (nSPS) is 11.1. The highest BCUT2D eigenvalue weighted by molar-refractivity contribution is 5.57. The topological polar surface area (TPSA) is 55.1 Å². The zero-order chi connectivity index (χ0) is 16.2. The molecular formula is C17H17FN4O.